The molecule has 1 aliphatic carbocycles. The van der Waals surface area contributed by atoms with Crippen LogP contribution in [0.3, 0.4) is 0 Å². The first kappa shape index (κ1) is 11.1. The van der Waals surface area contributed by atoms with Gasteiger partial charge in [-0.15, -0.1) is 0 Å². The summed E-state index contributed by atoms with van der Waals surface area (Å²) in [6.45, 7) is 0. The molecule has 0 amide bonds. The van der Waals surface area contributed by atoms with Crippen LogP contribution in [0, 0.1) is 11.7 Å². The summed E-state index contributed by atoms with van der Waals surface area (Å²) in [6, 6.07) is 5.32. The number of halogens is 2. The lowest BCUT2D eigenvalue weighted by Gasteiger charge is -2.34. The van der Waals surface area contributed by atoms with Crippen LogP contribution in [0.1, 0.15) is 30.9 Å². The zero-order valence-electron chi connectivity index (χ0n) is 8.76. The zero-order chi connectivity index (χ0) is 10.8. The van der Waals surface area contributed by atoms with Gasteiger partial charge in [-0.05, 0) is 37.9 Å². The molecule has 82 valence electrons. The van der Waals surface area contributed by atoms with E-state index in [0.29, 0.717) is 5.92 Å². The highest BCUT2D eigenvalue weighted by atomic mass is 79.9. The maximum absolute atomic E-state index is 13.7. The predicted molar refractivity (Wildman–Crippen MR) is 63.2 cm³/mol. The van der Waals surface area contributed by atoms with Crippen molar-refractivity contribution in [3.05, 3.63) is 34.1 Å². The molecule has 1 atom stereocenters. The summed E-state index contributed by atoms with van der Waals surface area (Å²) in [5, 5.41) is 3.23. The molecule has 1 saturated carbocycles. The number of hydrogen-bond donors (Lipinski definition) is 1. The van der Waals surface area contributed by atoms with Gasteiger partial charge in [-0.2, -0.15) is 0 Å². The zero-order valence-corrected chi connectivity index (χ0v) is 10.3. The number of nitrogens with one attached hydrogen (secondary N) is 1. The Morgan fingerprint density at radius 1 is 1.47 bits per heavy atom. The van der Waals surface area contributed by atoms with Crippen molar-refractivity contribution in [3.8, 4) is 0 Å². The van der Waals surface area contributed by atoms with Gasteiger partial charge in [0, 0.05) is 16.1 Å². The highest BCUT2D eigenvalue weighted by Crippen LogP contribution is 2.40. The van der Waals surface area contributed by atoms with Gasteiger partial charge >= 0.3 is 0 Å². The first-order valence-electron chi connectivity index (χ1n) is 5.35. The van der Waals surface area contributed by atoms with Crippen LogP contribution in [-0.4, -0.2) is 7.05 Å². The summed E-state index contributed by atoms with van der Waals surface area (Å²) in [6.07, 6.45) is 3.67. The molecule has 0 heterocycles. The quantitative estimate of drug-likeness (QED) is 0.885. The van der Waals surface area contributed by atoms with E-state index >= 15 is 0 Å². The lowest BCUT2D eigenvalue weighted by Crippen LogP contribution is -2.30. The molecule has 1 aliphatic rings. The van der Waals surface area contributed by atoms with Crippen LogP contribution >= 0.6 is 15.9 Å². The molecular formula is C12H15BrFN. The minimum absolute atomic E-state index is 0.115. The summed E-state index contributed by atoms with van der Waals surface area (Å²) >= 11 is 3.43. The summed E-state index contributed by atoms with van der Waals surface area (Å²) in [5.41, 5.74) is 0.782. The lowest BCUT2D eigenvalue weighted by atomic mass is 9.77. The fraction of sp³-hybridized carbons (Fsp3) is 0.500. The van der Waals surface area contributed by atoms with E-state index in [1.54, 1.807) is 6.07 Å². The second kappa shape index (κ2) is 4.62. The largest absolute Gasteiger partial charge is 0.313 e. The highest BCUT2D eigenvalue weighted by molar-refractivity contribution is 9.10. The molecule has 15 heavy (non-hydrogen) atoms. The molecule has 1 N–H and O–H groups in total. The van der Waals surface area contributed by atoms with Crippen molar-refractivity contribution < 1.29 is 4.39 Å². The summed E-state index contributed by atoms with van der Waals surface area (Å²) < 4.78 is 14.6. The van der Waals surface area contributed by atoms with Crippen molar-refractivity contribution in [3.63, 3.8) is 0 Å². The van der Waals surface area contributed by atoms with Crippen LogP contribution in [0.15, 0.2) is 22.7 Å². The van der Waals surface area contributed by atoms with Gasteiger partial charge in [0.05, 0.1) is 0 Å². The van der Waals surface area contributed by atoms with Gasteiger partial charge in [-0.1, -0.05) is 28.4 Å². The Hall–Kier alpha value is -0.410. The third-order valence-electron chi connectivity index (χ3n) is 3.24. The second-order valence-electron chi connectivity index (χ2n) is 4.09. The molecule has 1 aromatic rings. The second-order valence-corrected chi connectivity index (χ2v) is 4.95. The third kappa shape index (κ3) is 2.08. The lowest BCUT2D eigenvalue weighted by molar-refractivity contribution is 0.235. The molecule has 0 bridgehead atoms. The Balaban J connectivity index is 2.32. The number of hydrogen-bond acceptors (Lipinski definition) is 1. The SMILES string of the molecule is CNC(c1c(F)cccc1Br)C1CCC1. The molecule has 2 rings (SSSR count). The average Bonchev–Trinajstić information content (AvgIpc) is 2.12. The van der Waals surface area contributed by atoms with Gasteiger partial charge in [-0.3, -0.25) is 0 Å². The van der Waals surface area contributed by atoms with E-state index < -0.39 is 0 Å². The van der Waals surface area contributed by atoms with Crippen LogP contribution in [-0.2, 0) is 0 Å². The summed E-state index contributed by atoms with van der Waals surface area (Å²) in [5.74, 6) is 0.471. The Bertz CT molecular complexity index is 329. The molecule has 1 aromatic carbocycles. The van der Waals surface area contributed by atoms with E-state index in [9.17, 15) is 4.39 Å². The van der Waals surface area contributed by atoms with E-state index in [0.717, 1.165) is 10.0 Å². The van der Waals surface area contributed by atoms with Crippen molar-refractivity contribution in [2.24, 2.45) is 5.92 Å². The minimum atomic E-state index is -0.115. The Morgan fingerprint density at radius 2 is 2.20 bits per heavy atom. The maximum atomic E-state index is 13.7. The normalized spacial score (nSPS) is 18.6. The molecule has 0 spiro atoms. The fourth-order valence-electron chi connectivity index (χ4n) is 2.20. The highest BCUT2D eigenvalue weighted by Gasteiger charge is 2.30. The van der Waals surface area contributed by atoms with E-state index in [2.05, 4.69) is 21.2 Å². The molecule has 3 heteroatoms. The van der Waals surface area contributed by atoms with Gasteiger partial charge in [0.2, 0.25) is 0 Å². The first-order chi connectivity index (χ1) is 7.24. The average molecular weight is 272 g/mol. The van der Waals surface area contributed by atoms with E-state index in [4.69, 9.17) is 0 Å². The fourth-order valence-corrected chi connectivity index (χ4v) is 2.79. The first-order valence-corrected chi connectivity index (χ1v) is 6.14. The topological polar surface area (TPSA) is 12.0 Å². The molecule has 1 nitrogen and oxygen atoms in total. The van der Waals surface area contributed by atoms with Crippen LogP contribution in [0.4, 0.5) is 4.39 Å². The van der Waals surface area contributed by atoms with Crippen molar-refractivity contribution in [1.29, 1.82) is 0 Å². The molecule has 0 aliphatic heterocycles. The smallest absolute Gasteiger partial charge is 0.129 e. The Morgan fingerprint density at radius 3 is 2.67 bits per heavy atom. The van der Waals surface area contributed by atoms with Crippen LogP contribution in [0.2, 0.25) is 0 Å². The van der Waals surface area contributed by atoms with Crippen molar-refractivity contribution >= 4 is 15.9 Å². The van der Waals surface area contributed by atoms with Gasteiger partial charge in [0.15, 0.2) is 0 Å². The molecule has 0 saturated heterocycles. The van der Waals surface area contributed by atoms with Crippen LogP contribution < -0.4 is 5.32 Å². The van der Waals surface area contributed by atoms with Crippen LogP contribution in [0.25, 0.3) is 0 Å². The summed E-state index contributed by atoms with van der Waals surface area (Å²) in [7, 11) is 1.90. The van der Waals surface area contributed by atoms with E-state index in [1.807, 2.05) is 13.1 Å². The number of benzene rings is 1. The van der Waals surface area contributed by atoms with Gasteiger partial charge in [0.1, 0.15) is 5.82 Å². The minimum Gasteiger partial charge on any atom is -0.313 e. The third-order valence-corrected chi connectivity index (χ3v) is 3.93. The summed E-state index contributed by atoms with van der Waals surface area (Å²) in [4.78, 5) is 0. The van der Waals surface area contributed by atoms with Gasteiger partial charge < -0.3 is 5.32 Å². The standard InChI is InChI=1S/C12H15BrFN/c1-15-12(8-4-2-5-8)11-9(13)6-3-7-10(11)14/h3,6-8,12,15H,2,4-5H2,1H3. The molecule has 1 unspecified atom stereocenters. The Labute approximate surface area is 98.2 Å². The Kier molecular flexibility index (Phi) is 3.42. The van der Waals surface area contributed by atoms with Crippen LogP contribution in [0.5, 0.6) is 0 Å². The maximum Gasteiger partial charge on any atom is 0.129 e. The van der Waals surface area contributed by atoms with Crippen molar-refractivity contribution in [2.75, 3.05) is 7.05 Å². The monoisotopic (exact) mass is 271 g/mol. The van der Waals surface area contributed by atoms with E-state index in [1.165, 1.54) is 25.3 Å². The predicted octanol–water partition coefficient (Wildman–Crippen LogP) is 3.65. The van der Waals surface area contributed by atoms with Gasteiger partial charge in [0.25, 0.3) is 0 Å². The molecule has 0 radical (unpaired) electrons. The molecule has 0 aromatic heterocycles. The number of rotatable bonds is 3. The van der Waals surface area contributed by atoms with E-state index in [-0.39, 0.29) is 11.9 Å². The molecular weight excluding hydrogens is 257 g/mol. The van der Waals surface area contributed by atoms with Crippen molar-refractivity contribution in [2.45, 2.75) is 25.3 Å². The van der Waals surface area contributed by atoms with Gasteiger partial charge in [-0.25, -0.2) is 4.39 Å². The van der Waals surface area contributed by atoms with Crippen molar-refractivity contribution in [1.82, 2.24) is 5.32 Å². The molecule has 1 fully saturated rings.